The van der Waals surface area contributed by atoms with Gasteiger partial charge in [-0.2, -0.15) is 0 Å². The van der Waals surface area contributed by atoms with Gasteiger partial charge in [0.25, 0.3) is 11.8 Å². The summed E-state index contributed by atoms with van der Waals surface area (Å²) in [6.07, 6.45) is 0. The number of nitrogens with zero attached hydrogens (tertiary/aromatic N) is 1. The maximum atomic E-state index is 11.7. The Balaban J connectivity index is 2.16. The lowest BCUT2D eigenvalue weighted by Crippen LogP contribution is -2.30. The van der Waals surface area contributed by atoms with Crippen LogP contribution >= 0.6 is 23.2 Å². The Morgan fingerprint density at radius 1 is 1.06 bits per heavy atom. The molecule has 18 heavy (non-hydrogen) atoms. The lowest BCUT2D eigenvalue weighted by molar-refractivity contribution is -0.137. The molecule has 0 aliphatic carbocycles. The summed E-state index contributed by atoms with van der Waals surface area (Å²) in [6, 6.07) is 7.02. The van der Waals surface area contributed by atoms with Crippen molar-refractivity contribution in [3.63, 3.8) is 0 Å². The summed E-state index contributed by atoms with van der Waals surface area (Å²) in [6.45, 7) is 0.133. The molecule has 94 valence electrons. The fourth-order valence-electron chi connectivity index (χ4n) is 1.57. The molecule has 2 rings (SSSR count). The van der Waals surface area contributed by atoms with E-state index in [0.29, 0.717) is 5.75 Å². The first-order valence-corrected chi connectivity index (χ1v) is 5.84. The Bertz CT molecular complexity index is 513. The quantitative estimate of drug-likeness (QED) is 0.801. The number of carbonyl (C=O) groups is 2. The molecule has 0 spiro atoms. The van der Waals surface area contributed by atoms with Gasteiger partial charge in [-0.25, -0.2) is 0 Å². The van der Waals surface area contributed by atoms with Crippen molar-refractivity contribution in [1.29, 1.82) is 0 Å². The van der Waals surface area contributed by atoms with Crippen LogP contribution in [0.1, 0.15) is 5.56 Å². The van der Waals surface area contributed by atoms with Crippen LogP contribution in [0.2, 0.25) is 0 Å². The van der Waals surface area contributed by atoms with Crippen LogP contribution in [0.4, 0.5) is 0 Å². The molecular formula is C12H9Cl2NO3. The third-order valence-electron chi connectivity index (χ3n) is 2.56. The molecule has 0 saturated heterocycles. The largest absolute Gasteiger partial charge is 0.497 e. The number of amides is 2. The van der Waals surface area contributed by atoms with Crippen LogP contribution in [0, 0.1) is 0 Å². The monoisotopic (exact) mass is 285 g/mol. The number of halogens is 2. The summed E-state index contributed by atoms with van der Waals surface area (Å²) in [5, 5.41) is -0.453. The van der Waals surface area contributed by atoms with Crippen molar-refractivity contribution in [2.45, 2.75) is 6.54 Å². The van der Waals surface area contributed by atoms with Gasteiger partial charge in [-0.15, -0.1) is 0 Å². The summed E-state index contributed by atoms with van der Waals surface area (Å²) in [5.41, 5.74) is 0.785. The molecule has 0 N–H and O–H groups in total. The van der Waals surface area contributed by atoms with Crippen LogP contribution < -0.4 is 4.74 Å². The Labute approximate surface area is 114 Å². The summed E-state index contributed by atoms with van der Waals surface area (Å²) in [4.78, 5) is 24.3. The van der Waals surface area contributed by atoms with Crippen molar-refractivity contribution in [1.82, 2.24) is 4.90 Å². The molecule has 0 radical (unpaired) electrons. The normalized spacial score (nSPS) is 15.6. The molecule has 0 fully saturated rings. The van der Waals surface area contributed by atoms with E-state index in [1.165, 1.54) is 0 Å². The summed E-state index contributed by atoms with van der Waals surface area (Å²) >= 11 is 11.3. The molecule has 1 aliphatic rings. The van der Waals surface area contributed by atoms with E-state index >= 15 is 0 Å². The highest BCUT2D eigenvalue weighted by molar-refractivity contribution is 6.58. The van der Waals surface area contributed by atoms with Gasteiger partial charge in [-0.05, 0) is 17.7 Å². The van der Waals surface area contributed by atoms with E-state index in [4.69, 9.17) is 27.9 Å². The van der Waals surface area contributed by atoms with Crippen LogP contribution in [-0.2, 0) is 16.1 Å². The SMILES string of the molecule is COc1ccc(CN2C(=O)C(Cl)=C(Cl)C2=O)cc1. The maximum Gasteiger partial charge on any atom is 0.274 e. The average molecular weight is 286 g/mol. The summed E-state index contributed by atoms with van der Waals surface area (Å²) in [7, 11) is 1.56. The molecule has 0 atom stereocenters. The molecule has 6 heteroatoms. The molecule has 1 aromatic carbocycles. The number of imide groups is 1. The number of methoxy groups -OCH3 is 1. The Morgan fingerprint density at radius 2 is 1.56 bits per heavy atom. The van der Waals surface area contributed by atoms with Gasteiger partial charge in [0.15, 0.2) is 0 Å². The zero-order valence-corrected chi connectivity index (χ0v) is 11.0. The lowest BCUT2D eigenvalue weighted by Gasteiger charge is -2.14. The van der Waals surface area contributed by atoms with E-state index < -0.39 is 11.8 Å². The van der Waals surface area contributed by atoms with Gasteiger partial charge in [-0.3, -0.25) is 14.5 Å². The maximum absolute atomic E-state index is 11.7. The van der Waals surface area contributed by atoms with Crippen LogP contribution in [0.5, 0.6) is 5.75 Å². The van der Waals surface area contributed by atoms with Gasteiger partial charge in [0.1, 0.15) is 15.8 Å². The van der Waals surface area contributed by atoms with Crippen molar-refractivity contribution < 1.29 is 14.3 Å². The number of hydrogen-bond donors (Lipinski definition) is 0. The fraction of sp³-hybridized carbons (Fsp3) is 0.167. The smallest absolute Gasteiger partial charge is 0.274 e. The number of rotatable bonds is 3. The van der Waals surface area contributed by atoms with E-state index in [0.717, 1.165) is 10.5 Å². The van der Waals surface area contributed by atoms with Crippen molar-refractivity contribution in [2.75, 3.05) is 7.11 Å². The zero-order valence-electron chi connectivity index (χ0n) is 9.44. The first-order chi connectivity index (χ1) is 8.54. The third kappa shape index (κ3) is 2.21. The van der Waals surface area contributed by atoms with Crippen molar-refractivity contribution >= 4 is 35.0 Å². The molecule has 1 aliphatic heterocycles. The molecule has 1 heterocycles. The minimum Gasteiger partial charge on any atom is -0.497 e. The van der Waals surface area contributed by atoms with E-state index in [-0.39, 0.29) is 16.6 Å². The molecule has 0 unspecified atom stereocenters. The van der Waals surface area contributed by atoms with Gasteiger partial charge in [-0.1, -0.05) is 35.3 Å². The number of ether oxygens (including phenoxy) is 1. The van der Waals surface area contributed by atoms with Gasteiger partial charge in [0.05, 0.1) is 13.7 Å². The number of benzene rings is 1. The summed E-state index contributed by atoms with van der Waals surface area (Å²) in [5.74, 6) is -0.433. The van der Waals surface area contributed by atoms with Crippen LogP contribution in [-0.4, -0.2) is 23.8 Å². The van der Waals surface area contributed by atoms with Crippen LogP contribution in [0.15, 0.2) is 34.3 Å². The molecule has 0 bridgehead atoms. The third-order valence-corrected chi connectivity index (χ3v) is 3.36. The van der Waals surface area contributed by atoms with Crippen LogP contribution in [0.25, 0.3) is 0 Å². The highest BCUT2D eigenvalue weighted by Gasteiger charge is 2.36. The van der Waals surface area contributed by atoms with Crippen molar-refractivity contribution in [3.8, 4) is 5.75 Å². The second-order valence-corrected chi connectivity index (χ2v) is 4.43. The molecule has 2 amide bonds. The van der Waals surface area contributed by atoms with Gasteiger partial charge < -0.3 is 4.74 Å². The molecular weight excluding hydrogens is 277 g/mol. The summed E-state index contributed by atoms with van der Waals surface area (Å²) < 4.78 is 5.02. The minimum absolute atomic E-state index is 0.133. The standard InChI is InChI=1S/C12H9Cl2NO3/c1-18-8-4-2-7(3-5-8)6-15-11(16)9(13)10(14)12(15)17/h2-5H,6H2,1H3. The Hall–Kier alpha value is -1.52. The molecule has 0 saturated carbocycles. The zero-order chi connectivity index (χ0) is 13.3. The topological polar surface area (TPSA) is 46.6 Å². The second kappa shape index (κ2) is 5.00. The van der Waals surface area contributed by atoms with Gasteiger partial charge in [0.2, 0.25) is 0 Å². The second-order valence-electron chi connectivity index (χ2n) is 3.67. The molecule has 0 aromatic heterocycles. The van der Waals surface area contributed by atoms with Gasteiger partial charge in [0, 0.05) is 0 Å². The first kappa shape index (κ1) is 12.9. The molecule has 4 nitrogen and oxygen atoms in total. The predicted octanol–water partition coefficient (Wildman–Crippen LogP) is 2.25. The lowest BCUT2D eigenvalue weighted by atomic mass is 10.2. The van der Waals surface area contributed by atoms with Crippen molar-refractivity contribution in [3.05, 3.63) is 39.9 Å². The van der Waals surface area contributed by atoms with E-state index in [1.807, 2.05) is 0 Å². The van der Waals surface area contributed by atoms with E-state index in [9.17, 15) is 9.59 Å². The Kier molecular flexibility index (Phi) is 3.59. The number of carbonyl (C=O) groups excluding carboxylic acids is 2. The minimum atomic E-state index is -0.567. The van der Waals surface area contributed by atoms with E-state index in [1.54, 1.807) is 31.4 Å². The average Bonchev–Trinajstić information content (AvgIpc) is 2.57. The highest BCUT2D eigenvalue weighted by atomic mass is 35.5. The van der Waals surface area contributed by atoms with Gasteiger partial charge >= 0.3 is 0 Å². The van der Waals surface area contributed by atoms with Crippen LogP contribution in [0.3, 0.4) is 0 Å². The van der Waals surface area contributed by atoms with Crippen molar-refractivity contribution in [2.24, 2.45) is 0 Å². The van der Waals surface area contributed by atoms with E-state index in [2.05, 4.69) is 0 Å². The number of hydrogen-bond acceptors (Lipinski definition) is 3. The highest BCUT2D eigenvalue weighted by Crippen LogP contribution is 2.28. The molecule has 1 aromatic rings. The Morgan fingerprint density at radius 3 is 2.00 bits per heavy atom. The first-order valence-electron chi connectivity index (χ1n) is 5.09. The fourth-order valence-corrected chi connectivity index (χ4v) is 1.94. The predicted molar refractivity (Wildman–Crippen MR) is 67.3 cm³/mol.